The molecule has 0 amide bonds. The van der Waals surface area contributed by atoms with Crippen molar-refractivity contribution in [2.45, 2.75) is 13.8 Å². The summed E-state index contributed by atoms with van der Waals surface area (Å²) in [7, 11) is 0. The average molecular weight is 140 g/mol. The monoisotopic (exact) mass is 140 g/mol. The highest BCUT2D eigenvalue weighted by molar-refractivity contribution is 5.92. The lowest BCUT2D eigenvalue weighted by Crippen LogP contribution is -2.15. The summed E-state index contributed by atoms with van der Waals surface area (Å²) < 4.78 is 0. The second kappa shape index (κ2) is 4.73. The molecule has 1 N–H and O–H groups in total. The minimum absolute atomic E-state index is 0.0700. The standard InChI is InChI=1S/C7H12N2O/c1-4-6(2)9-8-5-7(3)10/h4,8H,1,5H2,2-3H3/b9-6-. The van der Waals surface area contributed by atoms with E-state index in [0.717, 1.165) is 5.71 Å². The Morgan fingerprint density at radius 2 is 2.30 bits per heavy atom. The molecule has 56 valence electrons. The van der Waals surface area contributed by atoms with Gasteiger partial charge in [0.1, 0.15) is 0 Å². The molecule has 0 radical (unpaired) electrons. The summed E-state index contributed by atoms with van der Waals surface area (Å²) in [6, 6.07) is 0. The van der Waals surface area contributed by atoms with E-state index in [2.05, 4.69) is 17.1 Å². The number of hydrogen-bond donors (Lipinski definition) is 1. The number of carbonyl (C=O) groups excluding carboxylic acids is 1. The molecule has 0 saturated carbocycles. The maximum Gasteiger partial charge on any atom is 0.150 e. The number of hydrogen-bond acceptors (Lipinski definition) is 3. The van der Waals surface area contributed by atoms with Gasteiger partial charge in [0, 0.05) is 0 Å². The summed E-state index contributed by atoms with van der Waals surface area (Å²) >= 11 is 0. The van der Waals surface area contributed by atoms with E-state index < -0.39 is 0 Å². The lowest BCUT2D eigenvalue weighted by Gasteiger charge is -1.94. The van der Waals surface area contributed by atoms with E-state index in [1.165, 1.54) is 6.92 Å². The van der Waals surface area contributed by atoms with Crippen molar-refractivity contribution in [1.82, 2.24) is 5.43 Å². The number of ketones is 1. The second-order valence-electron chi connectivity index (χ2n) is 1.99. The zero-order chi connectivity index (χ0) is 7.98. The first-order chi connectivity index (χ1) is 4.66. The van der Waals surface area contributed by atoms with Crippen LogP contribution in [0, 0.1) is 0 Å². The Labute approximate surface area is 60.8 Å². The van der Waals surface area contributed by atoms with E-state index in [-0.39, 0.29) is 12.3 Å². The molecule has 0 spiro atoms. The van der Waals surface area contributed by atoms with Crippen molar-refractivity contribution in [3.8, 4) is 0 Å². The third-order valence-electron chi connectivity index (χ3n) is 0.879. The Bertz CT molecular complexity index is 161. The number of carbonyl (C=O) groups is 1. The van der Waals surface area contributed by atoms with E-state index in [4.69, 9.17) is 0 Å². The lowest BCUT2D eigenvalue weighted by atomic mass is 10.4. The van der Waals surface area contributed by atoms with Crippen LogP contribution < -0.4 is 5.43 Å². The van der Waals surface area contributed by atoms with Crippen molar-refractivity contribution in [1.29, 1.82) is 0 Å². The lowest BCUT2D eigenvalue weighted by molar-refractivity contribution is -0.116. The Kier molecular flexibility index (Phi) is 4.20. The molecule has 0 aliphatic carbocycles. The van der Waals surface area contributed by atoms with Gasteiger partial charge in [0.05, 0.1) is 12.3 Å². The SMILES string of the molecule is C=C/C(C)=N\NCC(C)=O. The number of rotatable bonds is 4. The molecular weight excluding hydrogens is 128 g/mol. The van der Waals surface area contributed by atoms with Crippen LogP contribution in [0.1, 0.15) is 13.8 Å². The van der Waals surface area contributed by atoms with Gasteiger partial charge in [-0.3, -0.25) is 4.79 Å². The topological polar surface area (TPSA) is 41.5 Å². The molecule has 0 aliphatic rings. The van der Waals surface area contributed by atoms with Gasteiger partial charge < -0.3 is 5.43 Å². The minimum Gasteiger partial charge on any atom is -0.302 e. The number of hydrazone groups is 1. The van der Waals surface area contributed by atoms with E-state index in [1.54, 1.807) is 13.0 Å². The van der Waals surface area contributed by atoms with Crippen LogP contribution in [0.2, 0.25) is 0 Å². The summed E-state index contributed by atoms with van der Waals surface area (Å²) in [6.07, 6.45) is 1.62. The van der Waals surface area contributed by atoms with Gasteiger partial charge in [0.15, 0.2) is 5.78 Å². The molecule has 0 heterocycles. The largest absolute Gasteiger partial charge is 0.302 e. The molecule has 10 heavy (non-hydrogen) atoms. The van der Waals surface area contributed by atoms with Crippen LogP contribution in [-0.4, -0.2) is 18.0 Å². The first-order valence-electron chi connectivity index (χ1n) is 3.06. The third-order valence-corrected chi connectivity index (χ3v) is 0.879. The smallest absolute Gasteiger partial charge is 0.150 e. The summed E-state index contributed by atoms with van der Waals surface area (Å²) in [5, 5.41) is 3.81. The minimum atomic E-state index is 0.0700. The van der Waals surface area contributed by atoms with Gasteiger partial charge in [0.2, 0.25) is 0 Å². The van der Waals surface area contributed by atoms with E-state index in [0.29, 0.717) is 0 Å². The number of nitrogens with one attached hydrogen (secondary N) is 1. The predicted octanol–water partition coefficient (Wildman–Crippen LogP) is 0.727. The molecule has 0 aromatic heterocycles. The Morgan fingerprint density at radius 1 is 1.70 bits per heavy atom. The summed E-state index contributed by atoms with van der Waals surface area (Å²) in [5.41, 5.74) is 3.38. The zero-order valence-corrected chi connectivity index (χ0v) is 6.35. The van der Waals surface area contributed by atoms with Crippen LogP contribution in [-0.2, 0) is 4.79 Å². The molecule has 3 heteroatoms. The Morgan fingerprint density at radius 3 is 2.70 bits per heavy atom. The first-order valence-corrected chi connectivity index (χ1v) is 3.06. The van der Waals surface area contributed by atoms with Crippen LogP contribution in [0.25, 0.3) is 0 Å². The van der Waals surface area contributed by atoms with Crippen molar-refractivity contribution in [2.24, 2.45) is 5.10 Å². The van der Waals surface area contributed by atoms with Crippen LogP contribution in [0.5, 0.6) is 0 Å². The predicted molar refractivity (Wildman–Crippen MR) is 42.0 cm³/mol. The van der Waals surface area contributed by atoms with Gasteiger partial charge in [-0.15, -0.1) is 0 Å². The Balaban J connectivity index is 3.52. The molecule has 0 aromatic rings. The molecule has 0 rings (SSSR count). The van der Waals surface area contributed by atoms with Crippen LogP contribution in [0.15, 0.2) is 17.8 Å². The van der Waals surface area contributed by atoms with Gasteiger partial charge in [-0.25, -0.2) is 0 Å². The fraction of sp³-hybridized carbons (Fsp3) is 0.429. The average Bonchev–Trinajstić information content (AvgIpc) is 1.87. The van der Waals surface area contributed by atoms with Gasteiger partial charge >= 0.3 is 0 Å². The number of allylic oxidation sites excluding steroid dienone is 1. The highest BCUT2D eigenvalue weighted by Crippen LogP contribution is 1.73. The molecule has 3 nitrogen and oxygen atoms in total. The summed E-state index contributed by atoms with van der Waals surface area (Å²) in [4.78, 5) is 10.4. The summed E-state index contributed by atoms with van der Waals surface area (Å²) in [5.74, 6) is 0.0700. The molecular formula is C7H12N2O. The van der Waals surface area contributed by atoms with Gasteiger partial charge in [0.25, 0.3) is 0 Å². The number of Topliss-reactive ketones (excluding diaryl/α,β-unsaturated/α-hetero) is 1. The molecule has 0 unspecified atom stereocenters. The quantitative estimate of drug-likeness (QED) is 0.462. The maximum absolute atomic E-state index is 10.4. The van der Waals surface area contributed by atoms with Crippen molar-refractivity contribution >= 4 is 11.5 Å². The third kappa shape index (κ3) is 5.03. The molecule has 0 bridgehead atoms. The van der Waals surface area contributed by atoms with Gasteiger partial charge in [-0.05, 0) is 19.9 Å². The van der Waals surface area contributed by atoms with E-state index >= 15 is 0 Å². The second-order valence-corrected chi connectivity index (χ2v) is 1.99. The van der Waals surface area contributed by atoms with Crippen molar-refractivity contribution in [3.63, 3.8) is 0 Å². The van der Waals surface area contributed by atoms with Crippen molar-refractivity contribution < 1.29 is 4.79 Å². The fourth-order valence-electron chi connectivity index (χ4n) is 0.321. The molecule has 0 saturated heterocycles. The van der Waals surface area contributed by atoms with Crippen LogP contribution in [0.4, 0.5) is 0 Å². The fourth-order valence-corrected chi connectivity index (χ4v) is 0.321. The van der Waals surface area contributed by atoms with Crippen molar-refractivity contribution in [2.75, 3.05) is 6.54 Å². The van der Waals surface area contributed by atoms with Crippen LogP contribution >= 0.6 is 0 Å². The highest BCUT2D eigenvalue weighted by Gasteiger charge is 1.87. The Hall–Kier alpha value is -1.12. The van der Waals surface area contributed by atoms with Crippen LogP contribution in [0.3, 0.4) is 0 Å². The molecule has 0 aliphatic heterocycles. The first kappa shape index (κ1) is 8.88. The van der Waals surface area contributed by atoms with Gasteiger partial charge in [-0.1, -0.05) is 6.58 Å². The molecule has 0 aromatic carbocycles. The number of nitrogens with zero attached hydrogens (tertiary/aromatic N) is 1. The van der Waals surface area contributed by atoms with E-state index in [9.17, 15) is 4.79 Å². The maximum atomic E-state index is 10.4. The zero-order valence-electron chi connectivity index (χ0n) is 6.35. The summed E-state index contributed by atoms with van der Waals surface area (Å²) in [6.45, 7) is 7.10. The van der Waals surface area contributed by atoms with E-state index in [1.807, 2.05) is 0 Å². The normalized spacial score (nSPS) is 10.8. The van der Waals surface area contributed by atoms with Gasteiger partial charge in [-0.2, -0.15) is 5.10 Å². The van der Waals surface area contributed by atoms with Crippen molar-refractivity contribution in [3.05, 3.63) is 12.7 Å². The molecule has 0 fully saturated rings. The highest BCUT2D eigenvalue weighted by atomic mass is 16.1. The molecule has 0 atom stereocenters.